The van der Waals surface area contributed by atoms with Crippen LogP contribution in [0.15, 0.2) is 29.2 Å². The van der Waals surface area contributed by atoms with Gasteiger partial charge in [0, 0.05) is 16.2 Å². The van der Waals surface area contributed by atoms with Gasteiger partial charge in [-0.25, -0.2) is 0 Å². The molecule has 0 amide bonds. The number of nitrogens with one attached hydrogen (secondary N) is 1. The normalized spacial score (nSPS) is 20.1. The number of rotatable bonds is 6. The van der Waals surface area contributed by atoms with Crippen LogP contribution in [-0.2, 0) is 6.42 Å². The molecule has 0 fully saturated rings. The first kappa shape index (κ1) is 14.0. The standard InChI is InChI=1S/C16H25NS/c1-4-9-17-14(10-12(2)3)16-11-13-7-5-6-8-15(13)18-16/h5-8,12,14,16-17H,4,9-11H2,1-3H3. The molecule has 2 rings (SSSR count). The summed E-state index contributed by atoms with van der Waals surface area (Å²) in [7, 11) is 0. The van der Waals surface area contributed by atoms with Crippen molar-refractivity contribution in [3.05, 3.63) is 29.8 Å². The van der Waals surface area contributed by atoms with Crippen LogP contribution >= 0.6 is 11.8 Å². The van der Waals surface area contributed by atoms with Crippen molar-refractivity contribution in [3.8, 4) is 0 Å². The summed E-state index contributed by atoms with van der Waals surface area (Å²) in [5.41, 5.74) is 1.54. The summed E-state index contributed by atoms with van der Waals surface area (Å²) in [6.07, 6.45) is 3.74. The Morgan fingerprint density at radius 1 is 1.33 bits per heavy atom. The van der Waals surface area contributed by atoms with Crippen LogP contribution in [0.1, 0.15) is 39.2 Å². The summed E-state index contributed by atoms with van der Waals surface area (Å²) in [6, 6.07) is 9.53. The summed E-state index contributed by atoms with van der Waals surface area (Å²) >= 11 is 2.07. The smallest absolute Gasteiger partial charge is 0.0289 e. The van der Waals surface area contributed by atoms with Crippen LogP contribution in [0.3, 0.4) is 0 Å². The second kappa shape index (κ2) is 6.63. The van der Waals surface area contributed by atoms with Gasteiger partial charge in [-0.3, -0.25) is 0 Å². The van der Waals surface area contributed by atoms with E-state index in [0.29, 0.717) is 6.04 Å². The van der Waals surface area contributed by atoms with Gasteiger partial charge in [-0.2, -0.15) is 0 Å². The Kier molecular flexibility index (Phi) is 5.13. The molecule has 0 saturated heterocycles. The molecule has 18 heavy (non-hydrogen) atoms. The maximum Gasteiger partial charge on any atom is 0.0289 e. The lowest BCUT2D eigenvalue weighted by Gasteiger charge is -2.25. The molecule has 0 aromatic heterocycles. The molecule has 0 spiro atoms. The summed E-state index contributed by atoms with van der Waals surface area (Å²) in [5.74, 6) is 0.767. The second-order valence-electron chi connectivity index (χ2n) is 5.66. The highest BCUT2D eigenvalue weighted by molar-refractivity contribution is 8.00. The molecule has 0 aliphatic carbocycles. The lowest BCUT2D eigenvalue weighted by molar-refractivity contribution is 0.408. The molecule has 1 N–H and O–H groups in total. The van der Waals surface area contributed by atoms with Crippen LogP contribution in [0.5, 0.6) is 0 Å². The number of benzene rings is 1. The first-order chi connectivity index (χ1) is 8.70. The molecule has 1 aromatic rings. The van der Waals surface area contributed by atoms with E-state index >= 15 is 0 Å². The average Bonchev–Trinajstić information content (AvgIpc) is 2.77. The molecule has 1 heterocycles. The minimum atomic E-state index is 0.655. The Morgan fingerprint density at radius 2 is 2.11 bits per heavy atom. The van der Waals surface area contributed by atoms with E-state index in [2.05, 4.69) is 62.1 Å². The Balaban J connectivity index is 2.00. The second-order valence-corrected chi connectivity index (χ2v) is 6.94. The molecule has 1 nitrogen and oxygen atoms in total. The molecule has 0 radical (unpaired) electrons. The van der Waals surface area contributed by atoms with Crippen molar-refractivity contribution in [2.45, 2.75) is 56.2 Å². The minimum absolute atomic E-state index is 0.655. The molecule has 2 heteroatoms. The average molecular weight is 263 g/mol. The Hall–Kier alpha value is -0.470. The molecule has 2 atom stereocenters. The van der Waals surface area contributed by atoms with E-state index in [4.69, 9.17) is 0 Å². The van der Waals surface area contributed by atoms with E-state index in [1.54, 1.807) is 5.56 Å². The maximum atomic E-state index is 3.76. The number of thioether (sulfide) groups is 1. The lowest BCUT2D eigenvalue weighted by atomic mass is 9.97. The fourth-order valence-electron chi connectivity index (χ4n) is 2.64. The first-order valence-corrected chi connectivity index (χ1v) is 8.06. The number of hydrogen-bond donors (Lipinski definition) is 1. The van der Waals surface area contributed by atoms with Crippen molar-refractivity contribution in [1.29, 1.82) is 0 Å². The number of hydrogen-bond acceptors (Lipinski definition) is 2. The highest BCUT2D eigenvalue weighted by Gasteiger charge is 2.29. The van der Waals surface area contributed by atoms with Gasteiger partial charge in [-0.05, 0) is 43.4 Å². The number of fused-ring (bicyclic) bond motifs is 1. The fraction of sp³-hybridized carbons (Fsp3) is 0.625. The Morgan fingerprint density at radius 3 is 2.78 bits per heavy atom. The summed E-state index contributed by atoms with van der Waals surface area (Å²) in [6.45, 7) is 8.04. The Labute approximate surface area is 116 Å². The molecule has 100 valence electrons. The molecule has 1 aliphatic rings. The zero-order valence-electron chi connectivity index (χ0n) is 11.8. The molecule has 0 bridgehead atoms. The van der Waals surface area contributed by atoms with Crippen molar-refractivity contribution in [1.82, 2.24) is 5.32 Å². The first-order valence-electron chi connectivity index (χ1n) is 7.18. The molecule has 1 aromatic carbocycles. The van der Waals surface area contributed by atoms with E-state index in [0.717, 1.165) is 17.7 Å². The fourth-order valence-corrected chi connectivity index (χ4v) is 4.06. The van der Waals surface area contributed by atoms with Crippen LogP contribution < -0.4 is 5.32 Å². The van der Waals surface area contributed by atoms with E-state index in [1.807, 2.05) is 0 Å². The van der Waals surface area contributed by atoms with Crippen LogP contribution in [-0.4, -0.2) is 17.8 Å². The van der Waals surface area contributed by atoms with Gasteiger partial charge in [-0.15, -0.1) is 11.8 Å². The van der Waals surface area contributed by atoms with Crippen LogP contribution in [0.2, 0.25) is 0 Å². The van der Waals surface area contributed by atoms with Gasteiger partial charge >= 0.3 is 0 Å². The summed E-state index contributed by atoms with van der Waals surface area (Å²) < 4.78 is 0. The lowest BCUT2D eigenvalue weighted by Crippen LogP contribution is -2.39. The van der Waals surface area contributed by atoms with Crippen molar-refractivity contribution in [2.75, 3.05) is 6.54 Å². The van der Waals surface area contributed by atoms with E-state index in [-0.39, 0.29) is 0 Å². The highest BCUT2D eigenvalue weighted by atomic mass is 32.2. The Bertz CT molecular complexity index is 350. The van der Waals surface area contributed by atoms with Gasteiger partial charge in [0.1, 0.15) is 0 Å². The molecular formula is C16H25NS. The predicted molar refractivity (Wildman–Crippen MR) is 81.3 cm³/mol. The van der Waals surface area contributed by atoms with E-state index < -0.39 is 0 Å². The zero-order chi connectivity index (χ0) is 13.0. The van der Waals surface area contributed by atoms with Crippen molar-refractivity contribution < 1.29 is 0 Å². The third-order valence-electron chi connectivity index (χ3n) is 3.50. The van der Waals surface area contributed by atoms with E-state index in [1.165, 1.54) is 24.2 Å². The SMILES string of the molecule is CCCNC(CC(C)C)C1Cc2ccccc2S1. The van der Waals surface area contributed by atoms with Crippen molar-refractivity contribution in [2.24, 2.45) is 5.92 Å². The van der Waals surface area contributed by atoms with Crippen LogP contribution in [0.25, 0.3) is 0 Å². The van der Waals surface area contributed by atoms with Crippen LogP contribution in [0, 0.1) is 5.92 Å². The van der Waals surface area contributed by atoms with Gasteiger partial charge in [-0.1, -0.05) is 39.0 Å². The maximum absolute atomic E-state index is 3.76. The van der Waals surface area contributed by atoms with E-state index in [9.17, 15) is 0 Å². The highest BCUT2D eigenvalue weighted by Crippen LogP contribution is 2.39. The van der Waals surface area contributed by atoms with Gasteiger partial charge in [0.05, 0.1) is 0 Å². The predicted octanol–water partition coefficient (Wildman–Crippen LogP) is 4.12. The quantitative estimate of drug-likeness (QED) is 0.828. The van der Waals surface area contributed by atoms with Gasteiger partial charge < -0.3 is 5.32 Å². The molecule has 0 saturated carbocycles. The van der Waals surface area contributed by atoms with Gasteiger partial charge in [0.15, 0.2) is 0 Å². The molecule has 1 aliphatic heterocycles. The summed E-state index contributed by atoms with van der Waals surface area (Å²) in [5, 5.41) is 4.48. The van der Waals surface area contributed by atoms with Gasteiger partial charge in [0.2, 0.25) is 0 Å². The summed E-state index contributed by atoms with van der Waals surface area (Å²) in [4.78, 5) is 1.49. The topological polar surface area (TPSA) is 12.0 Å². The molecular weight excluding hydrogens is 238 g/mol. The molecule has 2 unspecified atom stereocenters. The van der Waals surface area contributed by atoms with Crippen molar-refractivity contribution >= 4 is 11.8 Å². The third kappa shape index (κ3) is 3.52. The monoisotopic (exact) mass is 263 g/mol. The van der Waals surface area contributed by atoms with Gasteiger partial charge in [0.25, 0.3) is 0 Å². The van der Waals surface area contributed by atoms with Crippen molar-refractivity contribution in [3.63, 3.8) is 0 Å². The largest absolute Gasteiger partial charge is 0.313 e. The zero-order valence-corrected chi connectivity index (χ0v) is 12.6. The minimum Gasteiger partial charge on any atom is -0.313 e. The third-order valence-corrected chi connectivity index (χ3v) is 4.95. The van der Waals surface area contributed by atoms with Crippen LogP contribution in [0.4, 0.5) is 0 Å².